The third kappa shape index (κ3) is 5.14. The van der Waals surface area contributed by atoms with E-state index in [0.717, 1.165) is 49.0 Å². The lowest BCUT2D eigenvalue weighted by atomic mass is 10.1. The Balaban J connectivity index is 1.31. The van der Waals surface area contributed by atoms with E-state index in [1.54, 1.807) is 12.1 Å². The molecule has 1 aromatic heterocycles. The highest BCUT2D eigenvalue weighted by molar-refractivity contribution is 7.80. The molecule has 0 bridgehead atoms. The molecule has 9 nitrogen and oxygen atoms in total. The van der Waals surface area contributed by atoms with Crippen molar-refractivity contribution in [1.29, 1.82) is 0 Å². The molecule has 0 spiro atoms. The van der Waals surface area contributed by atoms with Crippen molar-refractivity contribution in [2.75, 3.05) is 23.3 Å². The summed E-state index contributed by atoms with van der Waals surface area (Å²) in [5.74, 6) is -0.0445. The van der Waals surface area contributed by atoms with E-state index in [4.69, 9.17) is 16.6 Å². The number of nitrogens with one attached hydrogen (secondary N) is 2. The molecule has 5 rings (SSSR count). The van der Waals surface area contributed by atoms with Crippen LogP contribution in [0.4, 0.5) is 17.1 Å². The highest BCUT2D eigenvalue weighted by Crippen LogP contribution is 2.32. The molecular weight excluding hydrogens is 490 g/mol. The molecule has 0 aliphatic carbocycles. The monoisotopic (exact) mass is 515 g/mol. The summed E-state index contributed by atoms with van der Waals surface area (Å²) < 4.78 is 5.90. The van der Waals surface area contributed by atoms with E-state index in [2.05, 4.69) is 15.6 Å². The number of hydrogen-bond donors (Lipinski definition) is 2. The van der Waals surface area contributed by atoms with Crippen LogP contribution in [0.25, 0.3) is 22.6 Å². The first-order valence-electron chi connectivity index (χ1n) is 12.0. The number of fused-ring (bicyclic) bond motifs is 1. The van der Waals surface area contributed by atoms with Gasteiger partial charge in [0.2, 0.25) is 5.89 Å². The van der Waals surface area contributed by atoms with Crippen molar-refractivity contribution < 1.29 is 14.1 Å². The van der Waals surface area contributed by atoms with Gasteiger partial charge in [0.15, 0.2) is 10.7 Å². The molecule has 1 saturated heterocycles. The van der Waals surface area contributed by atoms with Crippen LogP contribution in [0.5, 0.6) is 0 Å². The maximum absolute atomic E-state index is 12.9. The smallest absolute Gasteiger partial charge is 0.293 e. The average molecular weight is 516 g/mol. The second kappa shape index (κ2) is 10.4. The van der Waals surface area contributed by atoms with Gasteiger partial charge in [-0.1, -0.05) is 18.2 Å². The van der Waals surface area contributed by atoms with Gasteiger partial charge in [-0.2, -0.15) is 0 Å². The first kappa shape index (κ1) is 24.4. The quantitative estimate of drug-likeness (QED) is 0.194. The Morgan fingerprint density at radius 2 is 1.86 bits per heavy atom. The summed E-state index contributed by atoms with van der Waals surface area (Å²) in [6.45, 7) is 3.43. The predicted octanol–water partition coefficient (Wildman–Crippen LogP) is 5.83. The Bertz CT molecular complexity index is 1480. The molecular formula is C27H25N5O4S. The second-order valence-corrected chi connectivity index (χ2v) is 9.29. The van der Waals surface area contributed by atoms with Crippen molar-refractivity contribution in [3.8, 4) is 11.5 Å². The van der Waals surface area contributed by atoms with Crippen LogP contribution in [-0.2, 0) is 0 Å². The van der Waals surface area contributed by atoms with Gasteiger partial charge in [0.25, 0.3) is 11.6 Å². The molecule has 0 radical (unpaired) electrons. The number of oxazole rings is 1. The Morgan fingerprint density at radius 3 is 2.62 bits per heavy atom. The zero-order valence-corrected chi connectivity index (χ0v) is 21.0. The van der Waals surface area contributed by atoms with E-state index in [1.807, 2.05) is 54.3 Å². The Labute approximate surface area is 218 Å². The van der Waals surface area contributed by atoms with Crippen LogP contribution in [0, 0.1) is 17.0 Å². The molecule has 1 aliphatic heterocycles. The summed E-state index contributed by atoms with van der Waals surface area (Å²) in [5.41, 5.74) is 4.37. The number of aromatic nitrogens is 1. The normalized spacial score (nSPS) is 13.4. The van der Waals surface area contributed by atoms with Crippen LogP contribution in [0.3, 0.4) is 0 Å². The van der Waals surface area contributed by atoms with E-state index in [-0.39, 0.29) is 16.4 Å². The largest absolute Gasteiger partial charge is 0.436 e. The number of hydrogen-bond acceptors (Lipinski definition) is 7. The fourth-order valence-electron chi connectivity index (χ4n) is 4.53. The molecule has 2 N–H and O–H groups in total. The van der Waals surface area contributed by atoms with Crippen LogP contribution in [-0.4, -0.2) is 34.0 Å². The van der Waals surface area contributed by atoms with Crippen molar-refractivity contribution in [1.82, 2.24) is 10.3 Å². The van der Waals surface area contributed by atoms with Crippen LogP contribution < -0.4 is 15.5 Å². The van der Waals surface area contributed by atoms with E-state index < -0.39 is 10.8 Å². The van der Waals surface area contributed by atoms with Crippen molar-refractivity contribution in [2.45, 2.75) is 26.2 Å². The minimum atomic E-state index is -0.529. The molecule has 3 aromatic carbocycles. The van der Waals surface area contributed by atoms with Gasteiger partial charge in [-0.05, 0) is 80.4 Å². The maximum atomic E-state index is 12.9. The van der Waals surface area contributed by atoms with Gasteiger partial charge in [-0.3, -0.25) is 20.2 Å². The van der Waals surface area contributed by atoms with E-state index >= 15 is 0 Å². The van der Waals surface area contributed by atoms with Crippen molar-refractivity contribution in [3.63, 3.8) is 0 Å². The highest BCUT2D eigenvalue weighted by Gasteiger charge is 2.23. The van der Waals surface area contributed by atoms with E-state index in [1.165, 1.54) is 6.07 Å². The molecule has 1 aliphatic rings. The number of para-hydroxylation sites is 2. The number of amides is 1. The average Bonchev–Trinajstić information content (AvgIpc) is 3.34. The summed E-state index contributed by atoms with van der Waals surface area (Å²) in [6, 6.07) is 17.6. The number of nitrogens with zero attached hydrogens (tertiary/aromatic N) is 3. The van der Waals surface area contributed by atoms with E-state index in [0.29, 0.717) is 22.8 Å². The first-order chi connectivity index (χ1) is 17.9. The third-order valence-corrected chi connectivity index (χ3v) is 6.67. The second-order valence-electron chi connectivity index (χ2n) is 8.88. The fourth-order valence-corrected chi connectivity index (χ4v) is 4.73. The third-order valence-electron chi connectivity index (χ3n) is 6.46. The van der Waals surface area contributed by atoms with Gasteiger partial charge < -0.3 is 14.6 Å². The lowest BCUT2D eigenvalue weighted by molar-refractivity contribution is -0.384. The summed E-state index contributed by atoms with van der Waals surface area (Å²) in [5, 5.41) is 17.5. The van der Waals surface area contributed by atoms with Gasteiger partial charge >= 0.3 is 0 Å². The summed E-state index contributed by atoms with van der Waals surface area (Å²) >= 11 is 5.37. The molecule has 10 heteroatoms. The number of rotatable bonds is 5. The van der Waals surface area contributed by atoms with Gasteiger partial charge in [0.05, 0.1) is 4.92 Å². The number of thiocarbonyl (C=S) groups is 1. The number of benzene rings is 3. The Morgan fingerprint density at radius 1 is 1.08 bits per heavy atom. The minimum absolute atomic E-state index is 0.0746. The standard InChI is InChI=1S/C27H25N5O4S/c1-17-19(26-28-21-9-3-4-11-24(21)36-26)8-7-10-20(17)29-27(37)30-25(33)18-12-13-22(23(16-18)32(34)35)31-14-5-2-6-15-31/h3-4,7-13,16H,2,5-6,14-15H2,1H3,(H2,29,30,33,37). The summed E-state index contributed by atoms with van der Waals surface area (Å²) in [6.07, 6.45) is 3.10. The molecule has 4 aromatic rings. The number of nitro benzene ring substituents is 1. The predicted molar refractivity (Wildman–Crippen MR) is 147 cm³/mol. The number of anilines is 2. The molecule has 188 valence electrons. The van der Waals surface area contributed by atoms with Gasteiger partial charge in [0.1, 0.15) is 11.2 Å². The van der Waals surface area contributed by atoms with Crippen LogP contribution >= 0.6 is 12.2 Å². The van der Waals surface area contributed by atoms with Crippen molar-refractivity contribution >= 4 is 51.4 Å². The molecule has 2 heterocycles. The van der Waals surface area contributed by atoms with Crippen LogP contribution in [0.15, 0.2) is 65.1 Å². The Kier molecular flexibility index (Phi) is 6.82. The van der Waals surface area contributed by atoms with Crippen LogP contribution in [0.2, 0.25) is 0 Å². The number of nitro groups is 1. The Hall–Kier alpha value is -4.31. The molecule has 37 heavy (non-hydrogen) atoms. The molecule has 1 fully saturated rings. The highest BCUT2D eigenvalue weighted by atomic mass is 32.1. The molecule has 1 amide bonds. The molecule has 0 unspecified atom stereocenters. The maximum Gasteiger partial charge on any atom is 0.293 e. The summed E-state index contributed by atoms with van der Waals surface area (Å²) in [7, 11) is 0. The molecule has 0 saturated carbocycles. The summed E-state index contributed by atoms with van der Waals surface area (Å²) in [4.78, 5) is 30.7. The number of carbonyl (C=O) groups excluding carboxylic acids is 1. The van der Waals surface area contributed by atoms with Gasteiger partial charge in [0, 0.05) is 36.0 Å². The van der Waals surface area contributed by atoms with Gasteiger partial charge in [-0.25, -0.2) is 4.98 Å². The van der Waals surface area contributed by atoms with E-state index in [9.17, 15) is 14.9 Å². The topological polar surface area (TPSA) is 114 Å². The lowest BCUT2D eigenvalue weighted by Crippen LogP contribution is -2.34. The zero-order valence-electron chi connectivity index (χ0n) is 20.2. The lowest BCUT2D eigenvalue weighted by Gasteiger charge is -2.28. The minimum Gasteiger partial charge on any atom is -0.436 e. The van der Waals surface area contributed by atoms with Crippen molar-refractivity contribution in [3.05, 3.63) is 81.9 Å². The first-order valence-corrected chi connectivity index (χ1v) is 12.4. The molecule has 0 atom stereocenters. The number of piperidine rings is 1. The fraction of sp³-hybridized carbons (Fsp3) is 0.222. The zero-order chi connectivity index (χ0) is 25.9. The number of carbonyl (C=O) groups is 1. The van der Waals surface area contributed by atoms with Gasteiger partial charge in [-0.15, -0.1) is 0 Å². The SMILES string of the molecule is Cc1c(NC(=S)NC(=O)c2ccc(N3CCCCC3)c([N+](=O)[O-])c2)cccc1-c1nc2ccccc2o1. The van der Waals surface area contributed by atoms with Crippen molar-refractivity contribution in [2.24, 2.45) is 0 Å². The van der Waals surface area contributed by atoms with Crippen LogP contribution in [0.1, 0.15) is 35.2 Å².